The van der Waals surface area contributed by atoms with E-state index in [2.05, 4.69) is 4.98 Å². The fourth-order valence-corrected chi connectivity index (χ4v) is 5.12. The number of rotatable bonds is 7. The van der Waals surface area contributed by atoms with E-state index in [9.17, 15) is 14.7 Å². The van der Waals surface area contributed by atoms with Gasteiger partial charge in [-0.1, -0.05) is 6.07 Å². The summed E-state index contributed by atoms with van der Waals surface area (Å²) in [5, 5.41) is 9.62. The first-order chi connectivity index (χ1) is 18.8. The van der Waals surface area contributed by atoms with Crippen molar-refractivity contribution in [1.82, 2.24) is 9.55 Å². The second kappa shape index (κ2) is 9.83. The van der Waals surface area contributed by atoms with Gasteiger partial charge in [0.25, 0.3) is 6.01 Å². The number of anilines is 2. The number of methoxy groups -OCH3 is 2. The van der Waals surface area contributed by atoms with E-state index in [0.29, 0.717) is 65.9 Å². The summed E-state index contributed by atoms with van der Waals surface area (Å²) in [5.74, 6) is -1.79. The number of benzene rings is 2. The van der Waals surface area contributed by atoms with Crippen LogP contribution >= 0.6 is 0 Å². The summed E-state index contributed by atoms with van der Waals surface area (Å²) in [5.41, 5.74) is 1.81. The van der Waals surface area contributed by atoms with Crippen LogP contribution in [0, 0.1) is 5.82 Å². The largest absolute Gasteiger partial charge is 0.477 e. The second-order valence-electron chi connectivity index (χ2n) is 9.78. The van der Waals surface area contributed by atoms with Crippen molar-refractivity contribution in [2.24, 2.45) is 0 Å². The molecule has 0 saturated carbocycles. The maximum atomic E-state index is 15.3. The van der Waals surface area contributed by atoms with E-state index in [1.165, 1.54) is 18.3 Å². The number of aromatic nitrogens is 2. The molecule has 4 aromatic rings. The van der Waals surface area contributed by atoms with Gasteiger partial charge in [-0.25, -0.2) is 9.18 Å². The summed E-state index contributed by atoms with van der Waals surface area (Å²) >= 11 is 0. The summed E-state index contributed by atoms with van der Waals surface area (Å²) in [6.07, 6.45) is 2.25. The predicted molar refractivity (Wildman–Crippen MR) is 143 cm³/mol. The molecule has 4 heterocycles. The van der Waals surface area contributed by atoms with Gasteiger partial charge < -0.3 is 33.4 Å². The van der Waals surface area contributed by atoms with Crippen molar-refractivity contribution < 1.29 is 28.2 Å². The lowest BCUT2D eigenvalue weighted by atomic mass is 10.1. The van der Waals surface area contributed by atoms with Gasteiger partial charge in [-0.15, -0.1) is 0 Å². The van der Waals surface area contributed by atoms with Crippen LogP contribution < -0.4 is 15.2 Å². The molecule has 0 amide bonds. The Labute approximate surface area is 222 Å². The monoisotopic (exact) mass is 534 g/mol. The minimum Gasteiger partial charge on any atom is -0.477 e. The zero-order chi connectivity index (χ0) is 27.3. The number of hydrogen-bond acceptors (Lipinski definition) is 8. The van der Waals surface area contributed by atoms with Crippen LogP contribution in [0.15, 0.2) is 57.9 Å². The molecule has 0 aliphatic carbocycles. The molecular weight excluding hydrogens is 507 g/mol. The van der Waals surface area contributed by atoms with Crippen LogP contribution in [0.5, 0.6) is 0 Å². The Kier molecular flexibility index (Phi) is 6.32. The maximum Gasteiger partial charge on any atom is 0.341 e. The van der Waals surface area contributed by atoms with E-state index in [4.69, 9.17) is 13.9 Å². The van der Waals surface area contributed by atoms with Crippen LogP contribution in [0.3, 0.4) is 0 Å². The summed E-state index contributed by atoms with van der Waals surface area (Å²) in [7, 11) is 3.31. The van der Waals surface area contributed by atoms with Gasteiger partial charge >= 0.3 is 5.97 Å². The van der Waals surface area contributed by atoms with Crippen molar-refractivity contribution in [3.05, 3.63) is 70.3 Å². The highest BCUT2D eigenvalue weighted by Crippen LogP contribution is 2.32. The lowest BCUT2D eigenvalue weighted by Gasteiger charge is -2.36. The van der Waals surface area contributed by atoms with Crippen LogP contribution in [0.25, 0.3) is 28.0 Å². The highest BCUT2D eigenvalue weighted by Gasteiger charge is 2.30. The number of fused-ring (bicyclic) bond motifs is 1. The highest BCUT2D eigenvalue weighted by atomic mass is 19.1. The molecule has 0 bridgehead atoms. The number of hydrogen-bond donors (Lipinski definition) is 1. The predicted octanol–water partition coefficient (Wildman–Crippen LogP) is 3.54. The topological polar surface area (TPSA) is 110 Å². The number of carboxylic acids is 1. The van der Waals surface area contributed by atoms with Crippen LogP contribution in [-0.2, 0) is 9.47 Å². The first kappa shape index (κ1) is 25.1. The van der Waals surface area contributed by atoms with E-state index >= 15 is 4.39 Å². The lowest BCUT2D eigenvalue weighted by Crippen LogP contribution is -2.52. The Morgan fingerprint density at radius 1 is 1.05 bits per heavy atom. The van der Waals surface area contributed by atoms with Crippen LogP contribution in [0.2, 0.25) is 0 Å². The number of carbonyl (C=O) groups is 1. The van der Waals surface area contributed by atoms with E-state index in [-0.39, 0.29) is 12.2 Å². The summed E-state index contributed by atoms with van der Waals surface area (Å²) in [6, 6.07) is 11.7. The van der Waals surface area contributed by atoms with Gasteiger partial charge in [0, 0.05) is 56.9 Å². The molecule has 0 unspecified atom stereocenters. The van der Waals surface area contributed by atoms with Gasteiger partial charge in [0.1, 0.15) is 16.9 Å². The molecule has 0 spiro atoms. The van der Waals surface area contributed by atoms with E-state index in [1.54, 1.807) is 49.1 Å². The van der Waals surface area contributed by atoms with Crippen LogP contribution in [0.1, 0.15) is 16.8 Å². The van der Waals surface area contributed by atoms with Crippen LogP contribution in [0.4, 0.5) is 16.1 Å². The third-order valence-corrected chi connectivity index (χ3v) is 7.43. The number of carboxylic acid groups (broad SMARTS) is 1. The van der Waals surface area contributed by atoms with Crippen molar-refractivity contribution in [2.45, 2.75) is 18.6 Å². The Hall–Kier alpha value is -4.22. The maximum absolute atomic E-state index is 15.3. The second-order valence-corrected chi connectivity index (χ2v) is 9.78. The normalized spacial score (nSPS) is 17.7. The molecule has 6 rings (SSSR count). The fraction of sp³-hybridized carbons (Fsp3) is 0.321. The Balaban J connectivity index is 1.40. The van der Waals surface area contributed by atoms with Crippen molar-refractivity contribution in [2.75, 3.05) is 50.2 Å². The number of nitrogens with zero attached hydrogens (tertiary/aromatic N) is 4. The molecule has 39 heavy (non-hydrogen) atoms. The average molecular weight is 535 g/mol. The number of halogens is 1. The molecule has 10 nitrogen and oxygen atoms in total. The summed E-state index contributed by atoms with van der Waals surface area (Å²) in [6.45, 7) is 2.61. The first-order valence-corrected chi connectivity index (χ1v) is 12.6. The third kappa shape index (κ3) is 4.53. The summed E-state index contributed by atoms with van der Waals surface area (Å²) < 4.78 is 33.6. The molecule has 11 heteroatoms. The van der Waals surface area contributed by atoms with E-state index in [1.807, 2.05) is 9.80 Å². The highest BCUT2D eigenvalue weighted by molar-refractivity contribution is 5.88. The number of ether oxygens (including phenoxy) is 2. The van der Waals surface area contributed by atoms with Crippen molar-refractivity contribution in [3.63, 3.8) is 0 Å². The number of oxazole rings is 1. The van der Waals surface area contributed by atoms with Crippen molar-refractivity contribution in [3.8, 4) is 16.9 Å². The minimum absolute atomic E-state index is 0.0480. The molecule has 2 aliphatic heterocycles. The van der Waals surface area contributed by atoms with Crippen molar-refractivity contribution >= 4 is 28.8 Å². The Bertz CT molecular complexity index is 1630. The molecule has 2 aromatic carbocycles. The lowest BCUT2D eigenvalue weighted by molar-refractivity contribution is 0.0694. The standard InChI is InChI=1S/C28H27FN4O6/c1-37-18-7-8-31(12-18)23-6-3-16(9-21(23)29)24-11-25(34)20(27(35)36)15-33(24)17-4-5-22-26(10-17)39-28(30-22)32-13-19(14-32)38-2/h3-6,9-11,15,18-19H,7-8,12-14H2,1-2H3,(H,35,36)/t18-/m1/s1. The molecule has 2 saturated heterocycles. The Morgan fingerprint density at radius 2 is 1.82 bits per heavy atom. The van der Waals surface area contributed by atoms with Gasteiger partial charge in [0.15, 0.2) is 11.0 Å². The summed E-state index contributed by atoms with van der Waals surface area (Å²) in [4.78, 5) is 32.9. The van der Waals surface area contributed by atoms with Gasteiger partial charge in [-0.2, -0.15) is 4.98 Å². The third-order valence-electron chi connectivity index (χ3n) is 7.43. The molecule has 0 radical (unpaired) electrons. The van der Waals surface area contributed by atoms with Gasteiger partial charge in [0.2, 0.25) is 0 Å². The SMILES string of the molecule is COC1CN(c2nc3ccc(-n4cc(C(=O)O)c(=O)cc4-c4ccc(N5CC[C@@H](OC)C5)c(F)c4)cc3o2)C1. The molecule has 1 atom stereocenters. The van der Waals surface area contributed by atoms with Crippen LogP contribution in [-0.4, -0.2) is 73.2 Å². The van der Waals surface area contributed by atoms with E-state index < -0.39 is 22.8 Å². The fourth-order valence-electron chi connectivity index (χ4n) is 5.12. The first-order valence-electron chi connectivity index (χ1n) is 12.6. The zero-order valence-electron chi connectivity index (χ0n) is 21.5. The Morgan fingerprint density at radius 3 is 2.51 bits per heavy atom. The molecule has 2 aromatic heterocycles. The molecule has 2 aliphatic rings. The molecule has 1 N–H and O–H groups in total. The molecular formula is C28H27FN4O6. The molecule has 2 fully saturated rings. The zero-order valence-corrected chi connectivity index (χ0v) is 21.5. The quantitative estimate of drug-likeness (QED) is 0.381. The number of aromatic carboxylic acids is 1. The number of pyridine rings is 1. The van der Waals surface area contributed by atoms with Gasteiger partial charge in [-0.3, -0.25) is 4.79 Å². The van der Waals surface area contributed by atoms with Gasteiger partial charge in [-0.05, 0) is 30.7 Å². The average Bonchev–Trinajstić information content (AvgIpc) is 3.54. The molecule has 202 valence electrons. The minimum atomic E-state index is -1.35. The van der Waals surface area contributed by atoms with Crippen molar-refractivity contribution in [1.29, 1.82) is 0 Å². The van der Waals surface area contributed by atoms with Gasteiger partial charge in [0.05, 0.1) is 36.7 Å². The smallest absolute Gasteiger partial charge is 0.341 e. The van der Waals surface area contributed by atoms with E-state index in [0.717, 1.165) is 6.42 Å².